The van der Waals surface area contributed by atoms with Crippen LogP contribution in [0.25, 0.3) is 0 Å². The number of ether oxygens (including phenoxy) is 1. The van der Waals surface area contributed by atoms with E-state index in [-0.39, 0.29) is 5.60 Å². The highest BCUT2D eigenvalue weighted by Crippen LogP contribution is 2.32. The van der Waals surface area contributed by atoms with Crippen LogP contribution < -0.4 is 5.32 Å². The van der Waals surface area contributed by atoms with Crippen molar-refractivity contribution in [2.75, 3.05) is 13.2 Å². The molecule has 1 aliphatic rings. The Hall–Kier alpha value is -0.930. The lowest BCUT2D eigenvalue weighted by Crippen LogP contribution is -2.42. The average Bonchev–Trinajstić information content (AvgIpc) is 2.42. The summed E-state index contributed by atoms with van der Waals surface area (Å²) in [5.74, 6) is 0.474. The van der Waals surface area contributed by atoms with Gasteiger partial charge in [-0.3, -0.25) is 4.98 Å². The molecule has 3 nitrogen and oxygen atoms in total. The molecule has 0 bridgehead atoms. The number of aryl methyl sites for hydroxylation is 1. The van der Waals surface area contributed by atoms with Gasteiger partial charge in [0.1, 0.15) is 0 Å². The number of nitrogens with zero attached hydrogens (tertiary/aromatic N) is 1. The van der Waals surface area contributed by atoms with E-state index in [1.807, 2.05) is 6.20 Å². The summed E-state index contributed by atoms with van der Waals surface area (Å²) in [6.07, 6.45) is 5.54. The minimum Gasteiger partial charge on any atom is -0.374 e. The lowest BCUT2D eigenvalue weighted by Gasteiger charge is -2.33. The van der Waals surface area contributed by atoms with Crippen LogP contribution in [0.4, 0.5) is 0 Å². The summed E-state index contributed by atoms with van der Waals surface area (Å²) in [6, 6.07) is 4.63. The number of rotatable bonds is 5. The van der Waals surface area contributed by atoms with Crippen molar-refractivity contribution in [3.05, 3.63) is 29.6 Å². The number of hydrogen-bond acceptors (Lipinski definition) is 3. The van der Waals surface area contributed by atoms with E-state index in [2.05, 4.69) is 50.1 Å². The second-order valence-corrected chi connectivity index (χ2v) is 6.63. The summed E-state index contributed by atoms with van der Waals surface area (Å²) in [6.45, 7) is 10.2. The molecule has 2 rings (SSSR count). The van der Waals surface area contributed by atoms with Gasteiger partial charge in [-0.1, -0.05) is 13.0 Å². The van der Waals surface area contributed by atoms with Crippen LogP contribution in [0.5, 0.6) is 0 Å². The summed E-state index contributed by atoms with van der Waals surface area (Å²) in [5.41, 5.74) is 2.61. The van der Waals surface area contributed by atoms with Gasteiger partial charge in [0, 0.05) is 23.9 Å². The number of fused-ring (bicyclic) bond motifs is 1. The van der Waals surface area contributed by atoms with Crippen LogP contribution in [0, 0.1) is 0 Å². The Morgan fingerprint density at radius 3 is 2.95 bits per heavy atom. The predicted molar refractivity (Wildman–Crippen MR) is 83.1 cm³/mol. The lowest BCUT2D eigenvalue weighted by atomic mass is 9.82. The van der Waals surface area contributed by atoms with Crippen molar-refractivity contribution in [3.63, 3.8) is 0 Å². The van der Waals surface area contributed by atoms with E-state index in [0.29, 0.717) is 12.0 Å². The Morgan fingerprint density at radius 1 is 1.45 bits per heavy atom. The quantitative estimate of drug-likeness (QED) is 0.896. The van der Waals surface area contributed by atoms with Crippen molar-refractivity contribution in [2.45, 2.75) is 64.5 Å². The smallest absolute Gasteiger partial charge is 0.0633 e. The molecule has 1 aromatic heterocycles. The second kappa shape index (κ2) is 6.68. The maximum Gasteiger partial charge on any atom is 0.0633 e. The van der Waals surface area contributed by atoms with E-state index < -0.39 is 0 Å². The monoisotopic (exact) mass is 276 g/mol. The van der Waals surface area contributed by atoms with Crippen molar-refractivity contribution in [1.29, 1.82) is 0 Å². The SMILES string of the molecule is CCNC(COC(C)(C)C)C1CCCc2cccnc21. The first-order valence-corrected chi connectivity index (χ1v) is 7.82. The van der Waals surface area contributed by atoms with Gasteiger partial charge in [-0.05, 0) is 58.2 Å². The second-order valence-electron chi connectivity index (χ2n) is 6.63. The summed E-state index contributed by atoms with van der Waals surface area (Å²) >= 11 is 0. The standard InChI is InChI=1S/C17H28N2O/c1-5-18-15(12-20-17(2,3)4)14-10-6-8-13-9-7-11-19-16(13)14/h7,9,11,14-15,18H,5-6,8,10,12H2,1-4H3. The third-order valence-corrected chi connectivity index (χ3v) is 3.89. The Balaban J connectivity index is 2.13. The maximum absolute atomic E-state index is 6.02. The number of hydrogen-bond donors (Lipinski definition) is 1. The average molecular weight is 276 g/mol. The molecule has 0 radical (unpaired) electrons. The fourth-order valence-corrected chi connectivity index (χ4v) is 2.96. The molecule has 0 amide bonds. The summed E-state index contributed by atoms with van der Waals surface area (Å²) in [4.78, 5) is 4.65. The zero-order valence-corrected chi connectivity index (χ0v) is 13.3. The normalized spacial score (nSPS) is 20.5. The first kappa shape index (κ1) is 15.5. The molecule has 0 saturated carbocycles. The zero-order valence-electron chi connectivity index (χ0n) is 13.3. The molecule has 112 valence electrons. The predicted octanol–water partition coefficient (Wildman–Crippen LogP) is 3.29. The van der Waals surface area contributed by atoms with Gasteiger partial charge in [0.15, 0.2) is 0 Å². The maximum atomic E-state index is 6.02. The molecule has 1 aromatic rings. The van der Waals surface area contributed by atoms with Crippen molar-refractivity contribution < 1.29 is 4.74 Å². The number of pyridine rings is 1. The first-order chi connectivity index (χ1) is 9.51. The van der Waals surface area contributed by atoms with Crippen molar-refractivity contribution in [1.82, 2.24) is 10.3 Å². The molecule has 1 N–H and O–H groups in total. The van der Waals surface area contributed by atoms with Crippen LogP contribution in [-0.4, -0.2) is 29.8 Å². The Labute approximate surface area is 123 Å². The molecule has 1 heterocycles. The van der Waals surface area contributed by atoms with Gasteiger partial charge in [0.2, 0.25) is 0 Å². The highest BCUT2D eigenvalue weighted by atomic mass is 16.5. The van der Waals surface area contributed by atoms with Gasteiger partial charge < -0.3 is 10.1 Å². The van der Waals surface area contributed by atoms with E-state index >= 15 is 0 Å². The number of aromatic nitrogens is 1. The summed E-state index contributed by atoms with van der Waals surface area (Å²) in [5, 5.41) is 3.60. The Kier molecular flexibility index (Phi) is 5.17. The van der Waals surface area contributed by atoms with Crippen molar-refractivity contribution in [2.24, 2.45) is 0 Å². The van der Waals surface area contributed by atoms with Gasteiger partial charge in [-0.2, -0.15) is 0 Å². The van der Waals surface area contributed by atoms with E-state index in [9.17, 15) is 0 Å². The van der Waals surface area contributed by atoms with E-state index in [0.717, 1.165) is 13.2 Å². The molecule has 20 heavy (non-hydrogen) atoms. The Bertz CT molecular complexity index is 425. The van der Waals surface area contributed by atoms with E-state index in [1.165, 1.54) is 30.5 Å². The molecule has 0 aromatic carbocycles. The summed E-state index contributed by atoms with van der Waals surface area (Å²) in [7, 11) is 0. The molecule has 0 aliphatic heterocycles. The van der Waals surface area contributed by atoms with Crippen LogP contribution >= 0.6 is 0 Å². The molecule has 3 heteroatoms. The number of nitrogens with one attached hydrogen (secondary N) is 1. The summed E-state index contributed by atoms with van der Waals surface area (Å²) < 4.78 is 6.02. The van der Waals surface area contributed by atoms with Crippen LogP contribution in [0.15, 0.2) is 18.3 Å². The van der Waals surface area contributed by atoms with Gasteiger partial charge in [-0.25, -0.2) is 0 Å². The van der Waals surface area contributed by atoms with Crippen molar-refractivity contribution in [3.8, 4) is 0 Å². The molecular formula is C17H28N2O. The lowest BCUT2D eigenvalue weighted by molar-refractivity contribution is -0.0185. The topological polar surface area (TPSA) is 34.1 Å². The van der Waals surface area contributed by atoms with E-state index in [1.54, 1.807) is 0 Å². The molecular weight excluding hydrogens is 248 g/mol. The molecule has 1 aliphatic carbocycles. The van der Waals surface area contributed by atoms with Gasteiger partial charge in [-0.15, -0.1) is 0 Å². The van der Waals surface area contributed by atoms with E-state index in [4.69, 9.17) is 4.74 Å². The molecule has 0 saturated heterocycles. The van der Waals surface area contributed by atoms with Crippen LogP contribution in [-0.2, 0) is 11.2 Å². The Morgan fingerprint density at radius 2 is 2.25 bits per heavy atom. The van der Waals surface area contributed by atoms with Gasteiger partial charge in [0.25, 0.3) is 0 Å². The first-order valence-electron chi connectivity index (χ1n) is 7.82. The highest BCUT2D eigenvalue weighted by molar-refractivity contribution is 5.27. The molecule has 2 unspecified atom stereocenters. The minimum absolute atomic E-state index is 0.0880. The van der Waals surface area contributed by atoms with Crippen LogP contribution in [0.3, 0.4) is 0 Å². The molecule has 2 atom stereocenters. The van der Waals surface area contributed by atoms with Crippen LogP contribution in [0.1, 0.15) is 57.7 Å². The fraction of sp³-hybridized carbons (Fsp3) is 0.706. The zero-order chi connectivity index (χ0) is 14.6. The van der Waals surface area contributed by atoms with Gasteiger partial charge in [0.05, 0.1) is 12.2 Å². The largest absolute Gasteiger partial charge is 0.374 e. The minimum atomic E-state index is -0.0880. The third-order valence-electron chi connectivity index (χ3n) is 3.89. The fourth-order valence-electron chi connectivity index (χ4n) is 2.96. The van der Waals surface area contributed by atoms with Crippen LogP contribution in [0.2, 0.25) is 0 Å². The third kappa shape index (κ3) is 4.03. The highest BCUT2D eigenvalue weighted by Gasteiger charge is 2.29. The molecule has 0 fully saturated rings. The van der Waals surface area contributed by atoms with Gasteiger partial charge >= 0.3 is 0 Å². The van der Waals surface area contributed by atoms with Crippen molar-refractivity contribution >= 4 is 0 Å². The number of likely N-dealkylation sites (N-methyl/N-ethyl adjacent to an activating group) is 1. The molecule has 0 spiro atoms.